The van der Waals surface area contributed by atoms with Crippen LogP contribution in [0.15, 0.2) is 18.5 Å². The summed E-state index contributed by atoms with van der Waals surface area (Å²) < 4.78 is 2.16. The number of hydrogen-bond donors (Lipinski definition) is 1. The second-order valence-electron chi connectivity index (χ2n) is 3.96. The summed E-state index contributed by atoms with van der Waals surface area (Å²) in [5, 5.41) is 9.88. The van der Waals surface area contributed by atoms with Crippen LogP contribution in [0.1, 0.15) is 24.5 Å². The molecular weight excluding hydrogens is 194 g/mol. The van der Waals surface area contributed by atoms with Crippen molar-refractivity contribution in [3.05, 3.63) is 24.0 Å². The maximum atomic E-state index is 9.88. The molecule has 1 unspecified atom stereocenters. The van der Waals surface area contributed by atoms with Crippen molar-refractivity contribution in [2.45, 2.75) is 25.5 Å². The van der Waals surface area contributed by atoms with Crippen LogP contribution in [0, 0.1) is 5.92 Å². The van der Waals surface area contributed by atoms with E-state index in [9.17, 15) is 5.11 Å². The zero-order valence-corrected chi connectivity index (χ0v) is 9.33. The molecule has 0 aromatic carbocycles. The fourth-order valence-corrected chi connectivity index (χ4v) is 2.05. The van der Waals surface area contributed by atoms with Crippen LogP contribution in [-0.2, 0) is 6.54 Å². The Morgan fingerprint density at radius 2 is 2.43 bits per heavy atom. The third-order valence-corrected chi connectivity index (χ3v) is 3.33. The van der Waals surface area contributed by atoms with Gasteiger partial charge in [-0.25, -0.2) is 0 Å². The minimum absolute atomic E-state index is 0.217. The molecule has 2 nitrogen and oxygen atoms in total. The summed E-state index contributed by atoms with van der Waals surface area (Å²) >= 11 is 1.85. The number of thioether (sulfide) groups is 1. The normalized spacial score (nSPS) is 18.4. The van der Waals surface area contributed by atoms with Gasteiger partial charge in [-0.3, -0.25) is 0 Å². The molecule has 1 aliphatic carbocycles. The lowest BCUT2D eigenvalue weighted by atomic mass is 10.1. The fraction of sp³-hybridized carbons (Fsp3) is 0.636. The predicted molar refractivity (Wildman–Crippen MR) is 60.5 cm³/mol. The van der Waals surface area contributed by atoms with Crippen molar-refractivity contribution in [1.82, 2.24) is 4.57 Å². The van der Waals surface area contributed by atoms with E-state index in [1.54, 1.807) is 0 Å². The first-order valence-electron chi connectivity index (χ1n) is 5.14. The standard InChI is InChI=1S/C11H17NOS/c1-14-7-6-12-5-4-10(8-12)11(13)9-2-3-9/h4-5,8-9,11,13H,2-3,6-7H2,1H3. The summed E-state index contributed by atoms with van der Waals surface area (Å²) in [5.41, 5.74) is 1.09. The maximum absolute atomic E-state index is 9.88. The smallest absolute Gasteiger partial charge is 0.0832 e. The van der Waals surface area contributed by atoms with Crippen LogP contribution in [0.2, 0.25) is 0 Å². The molecule has 1 heterocycles. The van der Waals surface area contributed by atoms with Gasteiger partial charge in [-0.2, -0.15) is 11.8 Å². The van der Waals surface area contributed by atoms with Gasteiger partial charge in [-0.05, 0) is 36.6 Å². The van der Waals surface area contributed by atoms with Gasteiger partial charge >= 0.3 is 0 Å². The largest absolute Gasteiger partial charge is 0.388 e. The molecule has 1 aliphatic rings. The number of aryl methyl sites for hydroxylation is 1. The first-order chi connectivity index (χ1) is 6.81. The monoisotopic (exact) mass is 211 g/mol. The number of aliphatic hydroxyl groups is 1. The molecule has 0 saturated heterocycles. The highest BCUT2D eigenvalue weighted by Gasteiger charge is 2.30. The topological polar surface area (TPSA) is 25.2 Å². The van der Waals surface area contributed by atoms with Crippen LogP contribution in [-0.4, -0.2) is 21.7 Å². The molecule has 0 radical (unpaired) electrons. The molecule has 3 heteroatoms. The molecule has 78 valence electrons. The Morgan fingerprint density at radius 3 is 3.07 bits per heavy atom. The van der Waals surface area contributed by atoms with E-state index in [1.807, 2.05) is 17.8 Å². The van der Waals surface area contributed by atoms with Crippen LogP contribution in [0.25, 0.3) is 0 Å². The van der Waals surface area contributed by atoms with Crippen molar-refractivity contribution in [2.24, 2.45) is 5.92 Å². The van der Waals surface area contributed by atoms with Crippen molar-refractivity contribution in [3.8, 4) is 0 Å². The molecule has 1 aromatic rings. The van der Waals surface area contributed by atoms with Gasteiger partial charge in [0.25, 0.3) is 0 Å². The van der Waals surface area contributed by atoms with Crippen LogP contribution >= 0.6 is 11.8 Å². The second-order valence-corrected chi connectivity index (χ2v) is 4.94. The van der Waals surface area contributed by atoms with E-state index in [2.05, 4.69) is 23.2 Å². The van der Waals surface area contributed by atoms with Crippen molar-refractivity contribution >= 4 is 11.8 Å². The molecule has 0 spiro atoms. The van der Waals surface area contributed by atoms with Gasteiger partial charge in [-0.1, -0.05) is 0 Å². The summed E-state index contributed by atoms with van der Waals surface area (Å²) in [7, 11) is 0. The molecule has 1 N–H and O–H groups in total. The zero-order chi connectivity index (χ0) is 9.97. The summed E-state index contributed by atoms with van der Waals surface area (Å²) in [4.78, 5) is 0. The quantitative estimate of drug-likeness (QED) is 0.808. The van der Waals surface area contributed by atoms with Crippen LogP contribution in [0.4, 0.5) is 0 Å². The Kier molecular flexibility index (Phi) is 3.19. The number of hydrogen-bond acceptors (Lipinski definition) is 2. The minimum atomic E-state index is -0.217. The molecule has 1 aromatic heterocycles. The lowest BCUT2D eigenvalue weighted by Gasteiger charge is -2.05. The van der Waals surface area contributed by atoms with Crippen LogP contribution < -0.4 is 0 Å². The summed E-state index contributed by atoms with van der Waals surface area (Å²) in [6.07, 6.45) is 8.43. The van der Waals surface area contributed by atoms with E-state index in [0.717, 1.165) is 17.9 Å². The van der Waals surface area contributed by atoms with Crippen LogP contribution in [0.5, 0.6) is 0 Å². The Bertz CT molecular complexity index is 293. The summed E-state index contributed by atoms with van der Waals surface area (Å²) in [6, 6.07) is 2.04. The number of rotatable bonds is 5. The lowest BCUT2D eigenvalue weighted by Crippen LogP contribution is -1.99. The van der Waals surface area contributed by atoms with Gasteiger partial charge in [-0.15, -0.1) is 0 Å². The first-order valence-corrected chi connectivity index (χ1v) is 6.53. The number of aliphatic hydroxyl groups excluding tert-OH is 1. The molecule has 0 bridgehead atoms. The van der Waals surface area contributed by atoms with E-state index in [0.29, 0.717) is 5.92 Å². The fourth-order valence-electron chi connectivity index (χ4n) is 1.65. The molecule has 14 heavy (non-hydrogen) atoms. The van der Waals surface area contributed by atoms with E-state index >= 15 is 0 Å². The van der Waals surface area contributed by atoms with E-state index < -0.39 is 0 Å². The Hall–Kier alpha value is -0.410. The average molecular weight is 211 g/mol. The van der Waals surface area contributed by atoms with Crippen molar-refractivity contribution < 1.29 is 5.11 Å². The van der Waals surface area contributed by atoms with Crippen LogP contribution in [0.3, 0.4) is 0 Å². The highest BCUT2D eigenvalue weighted by molar-refractivity contribution is 7.98. The minimum Gasteiger partial charge on any atom is -0.388 e. The van der Waals surface area contributed by atoms with Gasteiger partial charge in [0.1, 0.15) is 0 Å². The average Bonchev–Trinajstić information content (AvgIpc) is 2.94. The SMILES string of the molecule is CSCCn1ccc(C(O)C2CC2)c1. The third-order valence-electron chi connectivity index (χ3n) is 2.74. The molecule has 0 aliphatic heterocycles. The van der Waals surface area contributed by atoms with E-state index in [1.165, 1.54) is 12.8 Å². The first kappa shape index (κ1) is 10.1. The Labute approximate surface area is 89.3 Å². The molecule has 1 atom stereocenters. The molecule has 0 amide bonds. The van der Waals surface area contributed by atoms with Gasteiger partial charge in [0.2, 0.25) is 0 Å². The van der Waals surface area contributed by atoms with Gasteiger partial charge in [0.15, 0.2) is 0 Å². The lowest BCUT2D eigenvalue weighted by molar-refractivity contribution is 0.154. The van der Waals surface area contributed by atoms with E-state index in [4.69, 9.17) is 0 Å². The molecule has 2 rings (SSSR count). The highest BCUT2D eigenvalue weighted by Crippen LogP contribution is 2.40. The van der Waals surface area contributed by atoms with E-state index in [-0.39, 0.29) is 6.10 Å². The predicted octanol–water partition coefficient (Wildman–Crippen LogP) is 2.29. The van der Waals surface area contributed by atoms with Gasteiger partial charge in [0, 0.05) is 24.7 Å². The summed E-state index contributed by atoms with van der Waals surface area (Å²) in [6.45, 7) is 1.04. The molecular formula is C11H17NOS. The maximum Gasteiger partial charge on any atom is 0.0832 e. The van der Waals surface area contributed by atoms with Crippen molar-refractivity contribution in [3.63, 3.8) is 0 Å². The summed E-state index contributed by atoms with van der Waals surface area (Å²) in [5.74, 6) is 1.67. The van der Waals surface area contributed by atoms with Crippen molar-refractivity contribution in [2.75, 3.05) is 12.0 Å². The number of nitrogens with zero attached hydrogens (tertiary/aromatic N) is 1. The third kappa shape index (κ3) is 2.34. The van der Waals surface area contributed by atoms with Gasteiger partial charge < -0.3 is 9.67 Å². The molecule has 1 fully saturated rings. The Morgan fingerprint density at radius 1 is 1.64 bits per heavy atom. The van der Waals surface area contributed by atoms with Gasteiger partial charge in [0.05, 0.1) is 6.10 Å². The highest BCUT2D eigenvalue weighted by atomic mass is 32.2. The number of aromatic nitrogens is 1. The molecule has 1 saturated carbocycles. The Balaban J connectivity index is 1.94. The zero-order valence-electron chi connectivity index (χ0n) is 8.52. The van der Waals surface area contributed by atoms with Crippen molar-refractivity contribution in [1.29, 1.82) is 0 Å². The second kappa shape index (κ2) is 4.41.